The van der Waals surface area contributed by atoms with Gasteiger partial charge >= 0.3 is 0 Å². The van der Waals surface area contributed by atoms with E-state index in [0.29, 0.717) is 0 Å². The first-order chi connectivity index (χ1) is 5.74. The van der Waals surface area contributed by atoms with Crippen LogP contribution >= 0.6 is 0 Å². The lowest BCUT2D eigenvalue weighted by atomic mass is 9.81. The van der Waals surface area contributed by atoms with Crippen LogP contribution in [0.3, 0.4) is 0 Å². The largest absolute Gasteiger partial charge is 0.399 e. The third-order valence-electron chi connectivity index (χ3n) is 2.77. The van der Waals surface area contributed by atoms with E-state index in [9.17, 15) is 0 Å². The highest BCUT2D eigenvalue weighted by molar-refractivity contribution is 5.84. The van der Waals surface area contributed by atoms with Gasteiger partial charge in [0.25, 0.3) is 0 Å². The Bertz CT molecular complexity index is 153. The lowest BCUT2D eigenvalue weighted by Gasteiger charge is -2.25. The van der Waals surface area contributed by atoms with Crippen LogP contribution in [0.2, 0.25) is 0 Å². The smallest absolute Gasteiger partial charge is 0.106 e. The normalized spacial score (nSPS) is 24.3. The number of hydrogen-bond donors (Lipinski definition) is 0. The fraction of sp³-hybridized carbons (Fsp3) is 0.900. The average Bonchev–Trinajstić information content (AvgIpc) is 2.06. The topological polar surface area (TPSA) is 21.6 Å². The maximum Gasteiger partial charge on any atom is 0.106 e. The summed E-state index contributed by atoms with van der Waals surface area (Å²) in [6, 6.07) is 0. The predicted molar refractivity (Wildman–Crippen MR) is 51.2 cm³/mol. The molecule has 12 heavy (non-hydrogen) atoms. The van der Waals surface area contributed by atoms with Crippen molar-refractivity contribution >= 4 is 5.71 Å². The van der Waals surface area contributed by atoms with Crippen LogP contribution in [0.25, 0.3) is 0 Å². The molecular weight excluding hydrogens is 150 g/mol. The van der Waals surface area contributed by atoms with Crippen molar-refractivity contribution in [3.8, 4) is 0 Å². The van der Waals surface area contributed by atoms with Gasteiger partial charge in [-0.25, -0.2) is 0 Å². The Kier molecular flexibility index (Phi) is 3.57. The van der Waals surface area contributed by atoms with Crippen LogP contribution in [-0.2, 0) is 4.84 Å². The highest BCUT2D eigenvalue weighted by Gasteiger charge is 2.20. The van der Waals surface area contributed by atoms with Crippen molar-refractivity contribution in [2.75, 3.05) is 7.11 Å². The molecule has 1 saturated carbocycles. The van der Waals surface area contributed by atoms with E-state index in [2.05, 4.69) is 19.0 Å². The molecule has 0 saturated heterocycles. The van der Waals surface area contributed by atoms with E-state index in [1.54, 1.807) is 7.11 Å². The van der Waals surface area contributed by atoms with Gasteiger partial charge in [-0.05, 0) is 37.5 Å². The van der Waals surface area contributed by atoms with Gasteiger partial charge in [-0.15, -0.1) is 0 Å². The quantitative estimate of drug-likeness (QED) is 0.582. The second-order valence-corrected chi connectivity index (χ2v) is 3.92. The van der Waals surface area contributed by atoms with Gasteiger partial charge in [0.1, 0.15) is 7.11 Å². The number of hydrogen-bond acceptors (Lipinski definition) is 2. The Balaban J connectivity index is 2.34. The standard InChI is InChI=1S/C10H19NO/c1-8(2)9-4-6-10(7-5-9)11-12-3/h8-9H,4-7H2,1-3H3. The van der Waals surface area contributed by atoms with Crippen molar-refractivity contribution < 1.29 is 4.84 Å². The van der Waals surface area contributed by atoms with Crippen LogP contribution in [0.15, 0.2) is 5.16 Å². The monoisotopic (exact) mass is 169 g/mol. The maximum absolute atomic E-state index is 4.76. The highest BCUT2D eigenvalue weighted by Crippen LogP contribution is 2.28. The molecule has 0 N–H and O–H groups in total. The van der Waals surface area contributed by atoms with Gasteiger partial charge in [-0.3, -0.25) is 0 Å². The summed E-state index contributed by atoms with van der Waals surface area (Å²) in [5, 5.41) is 3.99. The first-order valence-electron chi connectivity index (χ1n) is 4.83. The van der Waals surface area contributed by atoms with Crippen LogP contribution in [0.1, 0.15) is 39.5 Å². The molecular formula is C10H19NO. The SMILES string of the molecule is CON=C1CCC(C(C)C)CC1. The van der Waals surface area contributed by atoms with Crippen molar-refractivity contribution in [1.82, 2.24) is 0 Å². The van der Waals surface area contributed by atoms with Gasteiger partial charge in [0.2, 0.25) is 0 Å². The molecule has 1 fully saturated rings. The minimum absolute atomic E-state index is 0.828. The molecule has 0 bridgehead atoms. The van der Waals surface area contributed by atoms with E-state index in [1.165, 1.54) is 18.6 Å². The second-order valence-electron chi connectivity index (χ2n) is 3.92. The zero-order chi connectivity index (χ0) is 8.97. The Morgan fingerprint density at radius 1 is 1.33 bits per heavy atom. The first kappa shape index (κ1) is 9.56. The summed E-state index contributed by atoms with van der Waals surface area (Å²) in [4.78, 5) is 4.76. The Hall–Kier alpha value is -0.530. The molecule has 0 radical (unpaired) electrons. The summed E-state index contributed by atoms with van der Waals surface area (Å²) < 4.78 is 0. The van der Waals surface area contributed by atoms with Crippen LogP contribution < -0.4 is 0 Å². The summed E-state index contributed by atoms with van der Waals surface area (Å²) >= 11 is 0. The lowest BCUT2D eigenvalue weighted by molar-refractivity contribution is 0.208. The van der Waals surface area contributed by atoms with E-state index in [4.69, 9.17) is 4.84 Å². The van der Waals surface area contributed by atoms with Crippen molar-refractivity contribution in [2.24, 2.45) is 17.0 Å². The molecule has 70 valence electrons. The Labute approximate surface area is 75.0 Å². The molecule has 0 aromatic carbocycles. The molecule has 0 amide bonds. The first-order valence-corrected chi connectivity index (χ1v) is 4.83. The molecule has 1 aliphatic carbocycles. The second kappa shape index (κ2) is 4.48. The lowest BCUT2D eigenvalue weighted by Crippen LogP contribution is -2.18. The molecule has 2 heteroatoms. The summed E-state index contributed by atoms with van der Waals surface area (Å²) in [5.74, 6) is 1.73. The van der Waals surface area contributed by atoms with E-state index >= 15 is 0 Å². The van der Waals surface area contributed by atoms with Crippen molar-refractivity contribution in [3.05, 3.63) is 0 Å². The van der Waals surface area contributed by atoms with Crippen LogP contribution in [0, 0.1) is 11.8 Å². The zero-order valence-corrected chi connectivity index (χ0v) is 8.34. The summed E-state index contributed by atoms with van der Waals surface area (Å²) in [7, 11) is 1.63. The minimum Gasteiger partial charge on any atom is -0.399 e. The molecule has 0 spiro atoms. The molecule has 1 aliphatic rings. The summed E-state index contributed by atoms with van der Waals surface area (Å²) in [6.45, 7) is 4.62. The van der Waals surface area contributed by atoms with Crippen LogP contribution in [0.5, 0.6) is 0 Å². The highest BCUT2D eigenvalue weighted by atomic mass is 16.6. The number of nitrogens with zero attached hydrogens (tertiary/aromatic N) is 1. The van der Waals surface area contributed by atoms with Crippen molar-refractivity contribution in [2.45, 2.75) is 39.5 Å². The molecule has 0 aliphatic heterocycles. The van der Waals surface area contributed by atoms with Gasteiger partial charge in [0.15, 0.2) is 0 Å². The van der Waals surface area contributed by atoms with Crippen molar-refractivity contribution in [3.63, 3.8) is 0 Å². The van der Waals surface area contributed by atoms with Gasteiger partial charge in [-0.2, -0.15) is 0 Å². The van der Waals surface area contributed by atoms with Crippen molar-refractivity contribution in [1.29, 1.82) is 0 Å². The van der Waals surface area contributed by atoms with Gasteiger partial charge in [0, 0.05) is 0 Å². The molecule has 0 heterocycles. The van der Waals surface area contributed by atoms with Crippen LogP contribution in [-0.4, -0.2) is 12.8 Å². The van der Waals surface area contributed by atoms with Gasteiger partial charge in [-0.1, -0.05) is 19.0 Å². The minimum atomic E-state index is 0.828. The maximum atomic E-state index is 4.76. The molecule has 0 unspecified atom stereocenters. The third kappa shape index (κ3) is 2.50. The summed E-state index contributed by atoms with van der Waals surface area (Å²) in [6.07, 6.45) is 4.85. The summed E-state index contributed by atoms with van der Waals surface area (Å²) in [5.41, 5.74) is 1.24. The predicted octanol–water partition coefficient (Wildman–Crippen LogP) is 2.84. The van der Waals surface area contributed by atoms with Crippen LogP contribution in [0.4, 0.5) is 0 Å². The van der Waals surface area contributed by atoms with E-state index in [0.717, 1.165) is 24.7 Å². The fourth-order valence-electron chi connectivity index (χ4n) is 1.86. The van der Waals surface area contributed by atoms with E-state index in [1.807, 2.05) is 0 Å². The molecule has 0 aromatic heterocycles. The fourth-order valence-corrected chi connectivity index (χ4v) is 1.86. The molecule has 0 aromatic rings. The van der Waals surface area contributed by atoms with Gasteiger partial charge in [0.05, 0.1) is 5.71 Å². The molecule has 2 nitrogen and oxygen atoms in total. The number of rotatable bonds is 2. The third-order valence-corrected chi connectivity index (χ3v) is 2.77. The molecule has 1 rings (SSSR count). The Morgan fingerprint density at radius 2 is 1.92 bits per heavy atom. The Morgan fingerprint density at radius 3 is 2.33 bits per heavy atom. The number of oxime groups is 1. The van der Waals surface area contributed by atoms with E-state index in [-0.39, 0.29) is 0 Å². The van der Waals surface area contributed by atoms with Gasteiger partial charge < -0.3 is 4.84 Å². The van der Waals surface area contributed by atoms with E-state index < -0.39 is 0 Å². The average molecular weight is 169 g/mol. The molecule has 0 atom stereocenters. The zero-order valence-electron chi connectivity index (χ0n) is 8.34.